The maximum atomic E-state index is 10.9. The van der Waals surface area contributed by atoms with Crippen LogP contribution in [-0.4, -0.2) is 59.1 Å². The Morgan fingerprint density at radius 1 is 1.42 bits per heavy atom. The van der Waals surface area contributed by atoms with Crippen LogP contribution in [0.25, 0.3) is 0 Å². The smallest absolute Gasteiger partial charge is 0.354 e. The Hall–Kier alpha value is -1.46. The molecule has 104 valence electrons. The second kappa shape index (κ2) is 6.63. The van der Waals surface area contributed by atoms with E-state index in [0.717, 1.165) is 18.8 Å². The lowest BCUT2D eigenvalue weighted by Crippen LogP contribution is -2.31. The van der Waals surface area contributed by atoms with Crippen molar-refractivity contribution in [2.24, 2.45) is 0 Å². The van der Waals surface area contributed by atoms with Gasteiger partial charge in [0.05, 0.1) is 5.69 Å². The second-order valence-electron chi connectivity index (χ2n) is 5.11. The van der Waals surface area contributed by atoms with Crippen molar-refractivity contribution in [1.29, 1.82) is 0 Å². The molecule has 2 rings (SSSR count). The lowest BCUT2D eigenvalue weighted by Gasteiger charge is -2.21. The van der Waals surface area contributed by atoms with Crippen molar-refractivity contribution < 1.29 is 9.90 Å². The molecular formula is C14H21N3O2. The quantitative estimate of drug-likeness (QED) is 0.838. The molecule has 1 aliphatic rings. The highest BCUT2D eigenvalue weighted by Gasteiger charge is 2.12. The summed E-state index contributed by atoms with van der Waals surface area (Å²) in [6.07, 6.45) is 2.62. The van der Waals surface area contributed by atoms with E-state index in [-0.39, 0.29) is 5.69 Å². The molecular weight excluding hydrogens is 242 g/mol. The van der Waals surface area contributed by atoms with Gasteiger partial charge in [0, 0.05) is 19.6 Å². The van der Waals surface area contributed by atoms with Crippen molar-refractivity contribution >= 4 is 5.97 Å². The van der Waals surface area contributed by atoms with Crippen molar-refractivity contribution in [2.75, 3.05) is 33.2 Å². The van der Waals surface area contributed by atoms with Gasteiger partial charge < -0.3 is 10.0 Å². The molecule has 0 saturated carbocycles. The summed E-state index contributed by atoms with van der Waals surface area (Å²) < 4.78 is 0. The summed E-state index contributed by atoms with van der Waals surface area (Å²) in [5, 5.41) is 8.91. The Morgan fingerprint density at radius 3 is 2.84 bits per heavy atom. The Balaban J connectivity index is 1.82. The fourth-order valence-corrected chi connectivity index (χ4v) is 2.36. The van der Waals surface area contributed by atoms with Gasteiger partial charge in [-0.2, -0.15) is 0 Å². The molecule has 1 fully saturated rings. The topological polar surface area (TPSA) is 56.7 Å². The normalized spacial score (nSPS) is 16.1. The number of hydrogen-bond donors (Lipinski definition) is 1. The zero-order chi connectivity index (χ0) is 13.7. The zero-order valence-corrected chi connectivity index (χ0v) is 11.4. The van der Waals surface area contributed by atoms with Gasteiger partial charge in [0.25, 0.3) is 0 Å². The number of nitrogens with zero attached hydrogens (tertiary/aromatic N) is 3. The molecule has 0 aliphatic carbocycles. The van der Waals surface area contributed by atoms with E-state index >= 15 is 0 Å². The van der Waals surface area contributed by atoms with Crippen LogP contribution in [0.3, 0.4) is 0 Å². The monoisotopic (exact) mass is 263 g/mol. The minimum atomic E-state index is -0.971. The highest BCUT2D eigenvalue weighted by Crippen LogP contribution is 2.07. The zero-order valence-electron chi connectivity index (χ0n) is 11.4. The predicted molar refractivity (Wildman–Crippen MR) is 73.2 cm³/mol. The van der Waals surface area contributed by atoms with E-state index in [2.05, 4.69) is 14.8 Å². The molecule has 1 aliphatic heterocycles. The average Bonchev–Trinajstić information content (AvgIpc) is 2.90. The molecule has 5 nitrogen and oxygen atoms in total. The average molecular weight is 263 g/mol. The molecule has 0 unspecified atom stereocenters. The van der Waals surface area contributed by atoms with Crippen LogP contribution < -0.4 is 0 Å². The molecule has 0 atom stereocenters. The van der Waals surface area contributed by atoms with Gasteiger partial charge in [-0.15, -0.1) is 0 Å². The maximum Gasteiger partial charge on any atom is 0.354 e. The highest BCUT2D eigenvalue weighted by molar-refractivity contribution is 5.85. The molecule has 1 aromatic rings. The summed E-state index contributed by atoms with van der Waals surface area (Å²) in [5.74, 6) is -0.971. The maximum absolute atomic E-state index is 10.9. The Morgan fingerprint density at radius 2 is 2.16 bits per heavy atom. The minimum Gasteiger partial charge on any atom is -0.477 e. The first-order chi connectivity index (χ1) is 9.15. The number of pyridine rings is 1. The summed E-state index contributed by atoms with van der Waals surface area (Å²) >= 11 is 0. The number of likely N-dealkylation sites (N-methyl/N-ethyl adjacent to an activating group) is 1. The molecule has 1 N–H and O–H groups in total. The summed E-state index contributed by atoms with van der Waals surface area (Å²) in [4.78, 5) is 19.6. The predicted octanol–water partition coefficient (Wildman–Crippen LogP) is 1.31. The van der Waals surface area contributed by atoms with Gasteiger partial charge >= 0.3 is 5.97 Å². The molecule has 0 amide bonds. The third kappa shape index (κ3) is 4.29. The number of carboxylic acids is 1. The number of carbonyl (C=O) groups is 1. The van der Waals surface area contributed by atoms with Gasteiger partial charge in [0.2, 0.25) is 0 Å². The lowest BCUT2D eigenvalue weighted by molar-refractivity contribution is 0.0690. The molecule has 5 heteroatoms. The van der Waals surface area contributed by atoms with Crippen molar-refractivity contribution in [1.82, 2.24) is 14.8 Å². The SMILES string of the molecule is CN(CCN1CCCC1)Cc1cccc(C(=O)O)n1. The van der Waals surface area contributed by atoms with Crippen LogP contribution >= 0.6 is 0 Å². The van der Waals surface area contributed by atoms with Crippen LogP contribution in [0.4, 0.5) is 0 Å². The number of likely N-dealkylation sites (tertiary alicyclic amines) is 1. The number of aromatic carboxylic acids is 1. The van der Waals surface area contributed by atoms with Gasteiger partial charge in [-0.25, -0.2) is 9.78 Å². The van der Waals surface area contributed by atoms with Crippen LogP contribution in [0, 0.1) is 0 Å². The van der Waals surface area contributed by atoms with Crippen LogP contribution in [0.2, 0.25) is 0 Å². The van der Waals surface area contributed by atoms with Crippen LogP contribution in [0.15, 0.2) is 18.2 Å². The van der Waals surface area contributed by atoms with E-state index in [4.69, 9.17) is 5.11 Å². The summed E-state index contributed by atoms with van der Waals surface area (Å²) in [7, 11) is 2.05. The summed E-state index contributed by atoms with van der Waals surface area (Å²) in [6.45, 7) is 5.17. The van der Waals surface area contributed by atoms with E-state index < -0.39 is 5.97 Å². The van der Waals surface area contributed by atoms with Crippen molar-refractivity contribution in [3.05, 3.63) is 29.6 Å². The van der Waals surface area contributed by atoms with Crippen LogP contribution in [0.1, 0.15) is 29.0 Å². The van der Waals surface area contributed by atoms with Crippen LogP contribution in [0.5, 0.6) is 0 Å². The Kier molecular flexibility index (Phi) is 4.87. The molecule has 0 aromatic carbocycles. The van der Waals surface area contributed by atoms with E-state index in [9.17, 15) is 4.79 Å². The Labute approximate surface area is 113 Å². The summed E-state index contributed by atoms with van der Waals surface area (Å²) in [5.41, 5.74) is 0.925. The van der Waals surface area contributed by atoms with Crippen molar-refractivity contribution in [2.45, 2.75) is 19.4 Å². The van der Waals surface area contributed by atoms with Crippen LogP contribution in [-0.2, 0) is 6.54 Å². The van der Waals surface area contributed by atoms with Gasteiger partial charge in [0.15, 0.2) is 0 Å². The Bertz CT molecular complexity index is 430. The second-order valence-corrected chi connectivity index (χ2v) is 5.11. The molecule has 19 heavy (non-hydrogen) atoms. The number of hydrogen-bond acceptors (Lipinski definition) is 4. The molecule has 0 spiro atoms. The van der Waals surface area contributed by atoms with Gasteiger partial charge in [-0.05, 0) is 45.1 Å². The number of carboxylic acid groups (broad SMARTS) is 1. The van der Waals surface area contributed by atoms with Crippen molar-refractivity contribution in [3.8, 4) is 0 Å². The number of rotatable bonds is 6. The number of aromatic nitrogens is 1. The standard InChI is InChI=1S/C14H21N3O2/c1-16(9-10-17-7-2-3-8-17)11-12-5-4-6-13(15-12)14(18)19/h4-6H,2-3,7-11H2,1H3,(H,18,19). The third-order valence-electron chi connectivity index (χ3n) is 3.45. The van der Waals surface area contributed by atoms with Gasteiger partial charge in [-0.1, -0.05) is 6.07 Å². The van der Waals surface area contributed by atoms with E-state index in [1.807, 2.05) is 13.1 Å². The van der Waals surface area contributed by atoms with Crippen molar-refractivity contribution in [3.63, 3.8) is 0 Å². The molecule has 0 bridgehead atoms. The van der Waals surface area contributed by atoms with Gasteiger partial charge in [0.1, 0.15) is 5.69 Å². The first-order valence-electron chi connectivity index (χ1n) is 6.75. The van der Waals surface area contributed by atoms with E-state index in [0.29, 0.717) is 6.54 Å². The summed E-state index contributed by atoms with van der Waals surface area (Å²) in [6, 6.07) is 5.15. The molecule has 1 aromatic heterocycles. The minimum absolute atomic E-state index is 0.116. The fraction of sp³-hybridized carbons (Fsp3) is 0.571. The third-order valence-corrected chi connectivity index (χ3v) is 3.45. The van der Waals surface area contributed by atoms with E-state index in [1.54, 1.807) is 6.07 Å². The highest BCUT2D eigenvalue weighted by atomic mass is 16.4. The first kappa shape index (κ1) is 14.0. The fourth-order valence-electron chi connectivity index (χ4n) is 2.36. The first-order valence-corrected chi connectivity index (χ1v) is 6.75. The lowest BCUT2D eigenvalue weighted by atomic mass is 10.3. The molecule has 2 heterocycles. The molecule has 0 radical (unpaired) electrons. The van der Waals surface area contributed by atoms with E-state index in [1.165, 1.54) is 32.0 Å². The van der Waals surface area contributed by atoms with Gasteiger partial charge in [-0.3, -0.25) is 4.90 Å². The molecule has 1 saturated heterocycles. The largest absolute Gasteiger partial charge is 0.477 e.